The summed E-state index contributed by atoms with van der Waals surface area (Å²) in [7, 11) is 1.43. The first kappa shape index (κ1) is 12.4. The second-order valence-corrected chi connectivity index (χ2v) is 5.18. The van der Waals surface area contributed by atoms with Gasteiger partial charge in [-0.25, -0.2) is 0 Å². The predicted molar refractivity (Wildman–Crippen MR) is 63.3 cm³/mol. The van der Waals surface area contributed by atoms with E-state index in [0.29, 0.717) is 25.4 Å². The molecule has 2 aliphatic rings. The Morgan fingerprint density at radius 1 is 1.18 bits per heavy atom. The molecular weight excluding hydrogens is 218 g/mol. The Balaban J connectivity index is 1.74. The molecule has 0 spiro atoms. The summed E-state index contributed by atoms with van der Waals surface area (Å²) >= 11 is 0. The minimum atomic E-state index is -0.129. The Kier molecular flexibility index (Phi) is 4.02. The van der Waals surface area contributed by atoms with E-state index in [-0.39, 0.29) is 17.8 Å². The van der Waals surface area contributed by atoms with Crippen molar-refractivity contribution >= 4 is 11.9 Å². The molecule has 0 aromatic heterocycles. The standard InChI is InChI=1S/C13H21NO3/c1-17-13(16)11-5-7-14(8-6-11)12(15)9-10-3-2-4-10/h10-11H,2-9H2,1H3. The van der Waals surface area contributed by atoms with Crippen LogP contribution in [0.5, 0.6) is 0 Å². The molecule has 17 heavy (non-hydrogen) atoms. The number of carbonyl (C=O) groups is 2. The third kappa shape index (κ3) is 2.99. The molecule has 4 heteroatoms. The summed E-state index contributed by atoms with van der Waals surface area (Å²) in [4.78, 5) is 25.2. The van der Waals surface area contributed by atoms with Gasteiger partial charge in [-0.05, 0) is 31.6 Å². The number of nitrogens with zero attached hydrogens (tertiary/aromatic N) is 1. The first-order valence-electron chi connectivity index (χ1n) is 6.56. The van der Waals surface area contributed by atoms with E-state index in [1.54, 1.807) is 0 Å². The monoisotopic (exact) mass is 239 g/mol. The van der Waals surface area contributed by atoms with Crippen LogP contribution in [0, 0.1) is 11.8 Å². The number of amides is 1. The molecule has 1 heterocycles. The van der Waals surface area contributed by atoms with Gasteiger partial charge in [-0.1, -0.05) is 6.42 Å². The van der Waals surface area contributed by atoms with Crippen molar-refractivity contribution in [1.29, 1.82) is 0 Å². The molecule has 4 nitrogen and oxygen atoms in total. The number of hydrogen-bond donors (Lipinski definition) is 0. The lowest BCUT2D eigenvalue weighted by atomic mass is 9.82. The highest BCUT2D eigenvalue weighted by Crippen LogP contribution is 2.30. The quantitative estimate of drug-likeness (QED) is 0.703. The van der Waals surface area contributed by atoms with Crippen molar-refractivity contribution in [3.63, 3.8) is 0 Å². The molecular formula is C13H21NO3. The van der Waals surface area contributed by atoms with Gasteiger partial charge in [0.05, 0.1) is 13.0 Å². The normalized spacial score (nSPS) is 22.1. The fourth-order valence-corrected chi connectivity index (χ4v) is 2.60. The highest BCUT2D eigenvalue weighted by Gasteiger charge is 2.29. The van der Waals surface area contributed by atoms with Crippen molar-refractivity contribution in [2.75, 3.05) is 20.2 Å². The number of piperidine rings is 1. The summed E-state index contributed by atoms with van der Waals surface area (Å²) in [5.74, 6) is 0.766. The van der Waals surface area contributed by atoms with Crippen molar-refractivity contribution in [2.45, 2.75) is 38.5 Å². The van der Waals surface area contributed by atoms with Crippen LogP contribution >= 0.6 is 0 Å². The van der Waals surface area contributed by atoms with E-state index in [9.17, 15) is 9.59 Å². The van der Waals surface area contributed by atoms with Crippen LogP contribution in [0.4, 0.5) is 0 Å². The van der Waals surface area contributed by atoms with E-state index in [4.69, 9.17) is 4.74 Å². The van der Waals surface area contributed by atoms with Crippen molar-refractivity contribution < 1.29 is 14.3 Å². The molecule has 1 aliphatic heterocycles. The topological polar surface area (TPSA) is 46.6 Å². The molecule has 0 N–H and O–H groups in total. The number of rotatable bonds is 3. The van der Waals surface area contributed by atoms with Crippen LogP contribution in [0.2, 0.25) is 0 Å². The van der Waals surface area contributed by atoms with Crippen molar-refractivity contribution in [3.05, 3.63) is 0 Å². The van der Waals surface area contributed by atoms with Crippen LogP contribution in [-0.2, 0) is 14.3 Å². The predicted octanol–water partition coefficient (Wildman–Crippen LogP) is 1.59. The summed E-state index contributed by atoms with van der Waals surface area (Å²) in [6, 6.07) is 0. The summed E-state index contributed by atoms with van der Waals surface area (Å²) in [5.41, 5.74) is 0. The lowest BCUT2D eigenvalue weighted by Crippen LogP contribution is -2.41. The fraction of sp³-hybridized carbons (Fsp3) is 0.846. The van der Waals surface area contributed by atoms with Crippen molar-refractivity contribution in [1.82, 2.24) is 4.90 Å². The van der Waals surface area contributed by atoms with Crippen LogP contribution in [0.15, 0.2) is 0 Å². The van der Waals surface area contributed by atoms with Gasteiger partial charge < -0.3 is 9.64 Å². The summed E-state index contributed by atoms with van der Waals surface area (Å²) in [6.45, 7) is 1.43. The minimum absolute atomic E-state index is 0.00671. The Labute approximate surface area is 102 Å². The average molecular weight is 239 g/mol. The van der Waals surface area contributed by atoms with Gasteiger partial charge in [0.1, 0.15) is 0 Å². The molecule has 0 unspecified atom stereocenters. The number of esters is 1. The van der Waals surface area contributed by atoms with E-state index in [0.717, 1.165) is 12.8 Å². The molecule has 0 aromatic rings. The van der Waals surface area contributed by atoms with Gasteiger partial charge >= 0.3 is 5.97 Å². The molecule has 2 fully saturated rings. The fourth-order valence-electron chi connectivity index (χ4n) is 2.60. The summed E-state index contributed by atoms with van der Waals surface area (Å²) < 4.78 is 4.73. The van der Waals surface area contributed by atoms with E-state index < -0.39 is 0 Å². The average Bonchev–Trinajstić information content (AvgIpc) is 2.32. The Morgan fingerprint density at radius 2 is 1.82 bits per heavy atom. The lowest BCUT2D eigenvalue weighted by molar-refractivity contribution is -0.149. The molecule has 0 aromatic carbocycles. The number of likely N-dealkylation sites (tertiary alicyclic amines) is 1. The number of carbonyl (C=O) groups excluding carboxylic acids is 2. The van der Waals surface area contributed by atoms with Crippen LogP contribution in [0.3, 0.4) is 0 Å². The van der Waals surface area contributed by atoms with Crippen LogP contribution in [-0.4, -0.2) is 37.0 Å². The molecule has 1 aliphatic carbocycles. The van der Waals surface area contributed by atoms with E-state index >= 15 is 0 Å². The van der Waals surface area contributed by atoms with E-state index in [1.165, 1.54) is 26.4 Å². The first-order valence-corrected chi connectivity index (χ1v) is 6.56. The molecule has 0 bridgehead atoms. The SMILES string of the molecule is COC(=O)C1CCN(C(=O)CC2CCC2)CC1. The molecule has 1 amide bonds. The van der Waals surface area contributed by atoms with Gasteiger partial charge in [0.15, 0.2) is 0 Å². The van der Waals surface area contributed by atoms with Crippen LogP contribution < -0.4 is 0 Å². The van der Waals surface area contributed by atoms with Gasteiger partial charge in [-0.3, -0.25) is 9.59 Å². The maximum atomic E-state index is 12.0. The molecule has 0 atom stereocenters. The van der Waals surface area contributed by atoms with Gasteiger partial charge in [0.2, 0.25) is 5.91 Å². The smallest absolute Gasteiger partial charge is 0.308 e. The van der Waals surface area contributed by atoms with Crippen LogP contribution in [0.1, 0.15) is 38.5 Å². The molecule has 96 valence electrons. The molecule has 2 rings (SSSR count). The highest BCUT2D eigenvalue weighted by atomic mass is 16.5. The van der Waals surface area contributed by atoms with Crippen LogP contribution in [0.25, 0.3) is 0 Å². The zero-order valence-corrected chi connectivity index (χ0v) is 10.5. The van der Waals surface area contributed by atoms with Crippen molar-refractivity contribution in [3.8, 4) is 0 Å². The first-order chi connectivity index (χ1) is 8.20. The minimum Gasteiger partial charge on any atom is -0.469 e. The zero-order chi connectivity index (χ0) is 12.3. The van der Waals surface area contributed by atoms with E-state index in [2.05, 4.69) is 0 Å². The Morgan fingerprint density at radius 3 is 2.29 bits per heavy atom. The van der Waals surface area contributed by atoms with Gasteiger partial charge in [0.25, 0.3) is 0 Å². The van der Waals surface area contributed by atoms with E-state index in [1.807, 2.05) is 4.90 Å². The maximum Gasteiger partial charge on any atom is 0.308 e. The summed E-state index contributed by atoms with van der Waals surface area (Å²) in [6.07, 6.45) is 5.92. The third-order valence-electron chi connectivity index (χ3n) is 4.07. The molecule has 0 radical (unpaired) electrons. The lowest BCUT2D eigenvalue weighted by Gasteiger charge is -2.33. The largest absolute Gasteiger partial charge is 0.469 e. The summed E-state index contributed by atoms with van der Waals surface area (Å²) in [5, 5.41) is 0. The third-order valence-corrected chi connectivity index (χ3v) is 4.07. The number of ether oxygens (including phenoxy) is 1. The van der Waals surface area contributed by atoms with Gasteiger partial charge in [-0.15, -0.1) is 0 Å². The van der Waals surface area contributed by atoms with Gasteiger partial charge in [-0.2, -0.15) is 0 Å². The van der Waals surface area contributed by atoms with Gasteiger partial charge in [0, 0.05) is 19.5 Å². The highest BCUT2D eigenvalue weighted by molar-refractivity contribution is 5.77. The number of hydrogen-bond acceptors (Lipinski definition) is 3. The Bertz CT molecular complexity index is 291. The molecule has 1 saturated carbocycles. The Hall–Kier alpha value is -1.06. The molecule has 1 saturated heterocycles. The number of methoxy groups -OCH3 is 1. The second kappa shape index (κ2) is 5.52. The second-order valence-electron chi connectivity index (χ2n) is 5.18. The maximum absolute atomic E-state index is 12.0. The van der Waals surface area contributed by atoms with Crippen molar-refractivity contribution in [2.24, 2.45) is 11.8 Å². The zero-order valence-electron chi connectivity index (χ0n) is 10.5.